The van der Waals surface area contributed by atoms with E-state index in [1.165, 1.54) is 45.1 Å². The molecule has 3 rings (SSSR count). The molecule has 2 N–H and O–H groups in total. The highest BCUT2D eigenvalue weighted by atomic mass is 35.5. The molecule has 0 aromatic carbocycles. The van der Waals surface area contributed by atoms with Crippen LogP contribution >= 0.6 is 12.4 Å². The van der Waals surface area contributed by atoms with Gasteiger partial charge >= 0.3 is 0 Å². The van der Waals surface area contributed by atoms with Crippen molar-refractivity contribution in [1.29, 1.82) is 0 Å². The molecule has 112 valence electrons. The van der Waals surface area contributed by atoms with Gasteiger partial charge in [-0.3, -0.25) is 0 Å². The SMILES string of the molecule is CC1(CNC2CCCC2C2COCCN2)CCC1.Cl. The molecule has 3 nitrogen and oxygen atoms in total. The predicted octanol–water partition coefficient (Wildman–Crippen LogP) is 2.35. The Hall–Kier alpha value is 0.170. The van der Waals surface area contributed by atoms with Crippen LogP contribution in [-0.2, 0) is 4.74 Å². The zero-order valence-corrected chi connectivity index (χ0v) is 12.9. The van der Waals surface area contributed by atoms with Crippen molar-refractivity contribution in [3.8, 4) is 0 Å². The van der Waals surface area contributed by atoms with E-state index in [0.29, 0.717) is 11.5 Å². The third kappa shape index (κ3) is 3.63. The van der Waals surface area contributed by atoms with E-state index in [1.807, 2.05) is 0 Å². The van der Waals surface area contributed by atoms with E-state index in [4.69, 9.17) is 4.74 Å². The topological polar surface area (TPSA) is 33.3 Å². The largest absolute Gasteiger partial charge is 0.379 e. The van der Waals surface area contributed by atoms with Gasteiger partial charge in [0.2, 0.25) is 0 Å². The Morgan fingerprint density at radius 1 is 1.26 bits per heavy atom. The lowest BCUT2D eigenvalue weighted by Crippen LogP contribution is -2.52. The first kappa shape index (κ1) is 15.6. The summed E-state index contributed by atoms with van der Waals surface area (Å²) in [5.74, 6) is 0.786. The Kier molecular flexibility index (Phi) is 5.53. The van der Waals surface area contributed by atoms with Crippen LogP contribution < -0.4 is 10.6 Å². The summed E-state index contributed by atoms with van der Waals surface area (Å²) in [4.78, 5) is 0. The third-order valence-electron chi connectivity index (χ3n) is 5.39. The standard InChI is InChI=1S/C15H28N2O.ClH/c1-15(6-3-7-15)11-17-13-5-2-4-12(13)14-10-18-9-8-16-14;/h12-14,16-17H,2-11H2,1H3;1H. The molecule has 1 heterocycles. The Morgan fingerprint density at radius 3 is 2.74 bits per heavy atom. The summed E-state index contributed by atoms with van der Waals surface area (Å²) in [6.45, 7) is 6.50. The van der Waals surface area contributed by atoms with Crippen molar-refractivity contribution in [3.63, 3.8) is 0 Å². The highest BCUT2D eigenvalue weighted by molar-refractivity contribution is 5.85. The number of ether oxygens (including phenoxy) is 1. The molecule has 1 aliphatic heterocycles. The highest BCUT2D eigenvalue weighted by Gasteiger charge is 2.37. The molecule has 0 amide bonds. The number of hydrogen-bond acceptors (Lipinski definition) is 3. The summed E-state index contributed by atoms with van der Waals surface area (Å²) in [6, 6.07) is 1.31. The van der Waals surface area contributed by atoms with Crippen molar-refractivity contribution >= 4 is 12.4 Å². The third-order valence-corrected chi connectivity index (χ3v) is 5.39. The summed E-state index contributed by atoms with van der Waals surface area (Å²) in [6.07, 6.45) is 8.39. The summed E-state index contributed by atoms with van der Waals surface area (Å²) >= 11 is 0. The van der Waals surface area contributed by atoms with E-state index in [2.05, 4.69) is 17.6 Å². The van der Waals surface area contributed by atoms with E-state index >= 15 is 0 Å². The van der Waals surface area contributed by atoms with Crippen LogP contribution in [-0.4, -0.2) is 38.4 Å². The zero-order valence-electron chi connectivity index (χ0n) is 12.1. The van der Waals surface area contributed by atoms with Gasteiger partial charge < -0.3 is 15.4 Å². The summed E-state index contributed by atoms with van der Waals surface area (Å²) in [5.41, 5.74) is 0.601. The molecule has 0 spiro atoms. The van der Waals surface area contributed by atoms with Gasteiger partial charge in [0.25, 0.3) is 0 Å². The molecule has 0 aromatic rings. The summed E-state index contributed by atoms with van der Waals surface area (Å²) in [5, 5.41) is 7.53. The van der Waals surface area contributed by atoms with Gasteiger partial charge in [0, 0.05) is 25.2 Å². The first-order chi connectivity index (χ1) is 8.77. The van der Waals surface area contributed by atoms with Gasteiger partial charge in [-0.05, 0) is 37.0 Å². The molecule has 0 bridgehead atoms. The predicted molar refractivity (Wildman–Crippen MR) is 80.9 cm³/mol. The number of nitrogens with one attached hydrogen (secondary N) is 2. The molecular formula is C15H29ClN2O. The van der Waals surface area contributed by atoms with Crippen molar-refractivity contribution in [2.45, 2.75) is 57.5 Å². The number of halogens is 1. The van der Waals surface area contributed by atoms with Crippen LogP contribution in [0.25, 0.3) is 0 Å². The normalized spacial score (nSPS) is 37.4. The summed E-state index contributed by atoms with van der Waals surface area (Å²) < 4.78 is 5.63. The smallest absolute Gasteiger partial charge is 0.0623 e. The van der Waals surface area contributed by atoms with Gasteiger partial charge in [-0.2, -0.15) is 0 Å². The fourth-order valence-electron chi connectivity index (χ4n) is 3.92. The van der Waals surface area contributed by atoms with E-state index in [1.54, 1.807) is 0 Å². The van der Waals surface area contributed by atoms with E-state index < -0.39 is 0 Å². The van der Waals surface area contributed by atoms with Gasteiger partial charge in [0.1, 0.15) is 0 Å². The van der Waals surface area contributed by atoms with Crippen LogP contribution in [0.3, 0.4) is 0 Å². The highest BCUT2D eigenvalue weighted by Crippen LogP contribution is 2.40. The fourth-order valence-corrected chi connectivity index (χ4v) is 3.92. The maximum absolute atomic E-state index is 5.63. The first-order valence-electron chi connectivity index (χ1n) is 7.81. The van der Waals surface area contributed by atoms with Crippen LogP contribution in [0.15, 0.2) is 0 Å². The molecule has 2 saturated carbocycles. The summed E-state index contributed by atoms with van der Waals surface area (Å²) in [7, 11) is 0. The monoisotopic (exact) mass is 288 g/mol. The van der Waals surface area contributed by atoms with Crippen LogP contribution in [0.5, 0.6) is 0 Å². The molecule has 3 unspecified atom stereocenters. The maximum atomic E-state index is 5.63. The van der Waals surface area contributed by atoms with Crippen molar-refractivity contribution in [2.75, 3.05) is 26.3 Å². The molecule has 3 atom stereocenters. The van der Waals surface area contributed by atoms with Gasteiger partial charge in [-0.1, -0.05) is 19.8 Å². The van der Waals surface area contributed by atoms with Crippen molar-refractivity contribution < 1.29 is 4.74 Å². The minimum absolute atomic E-state index is 0. The number of morpholine rings is 1. The van der Waals surface area contributed by atoms with Crippen molar-refractivity contribution in [2.24, 2.45) is 11.3 Å². The maximum Gasteiger partial charge on any atom is 0.0623 e. The second-order valence-corrected chi connectivity index (χ2v) is 6.88. The fraction of sp³-hybridized carbons (Fsp3) is 1.00. The Bertz CT molecular complexity index is 277. The Balaban J connectivity index is 0.00000133. The van der Waals surface area contributed by atoms with E-state index in [-0.39, 0.29) is 12.4 Å². The number of rotatable bonds is 4. The minimum Gasteiger partial charge on any atom is -0.379 e. The lowest BCUT2D eigenvalue weighted by molar-refractivity contribution is 0.0503. The van der Waals surface area contributed by atoms with Crippen LogP contribution in [0.1, 0.15) is 45.4 Å². The molecular weight excluding hydrogens is 260 g/mol. The lowest BCUT2D eigenvalue weighted by Gasteiger charge is -2.41. The number of hydrogen-bond donors (Lipinski definition) is 2. The minimum atomic E-state index is 0. The van der Waals surface area contributed by atoms with Crippen LogP contribution in [0.2, 0.25) is 0 Å². The van der Waals surface area contributed by atoms with Gasteiger partial charge in [0.15, 0.2) is 0 Å². The first-order valence-corrected chi connectivity index (χ1v) is 7.81. The molecule has 4 heteroatoms. The van der Waals surface area contributed by atoms with E-state index in [9.17, 15) is 0 Å². The average molecular weight is 289 g/mol. The molecule has 3 fully saturated rings. The molecule has 1 saturated heterocycles. The second kappa shape index (κ2) is 6.75. The molecule has 19 heavy (non-hydrogen) atoms. The van der Waals surface area contributed by atoms with E-state index in [0.717, 1.165) is 31.7 Å². The molecule has 2 aliphatic carbocycles. The van der Waals surface area contributed by atoms with Crippen LogP contribution in [0.4, 0.5) is 0 Å². The van der Waals surface area contributed by atoms with Crippen molar-refractivity contribution in [1.82, 2.24) is 10.6 Å². The molecule has 3 aliphatic rings. The molecule has 0 aromatic heterocycles. The average Bonchev–Trinajstić information content (AvgIpc) is 2.83. The Morgan fingerprint density at radius 2 is 2.11 bits per heavy atom. The lowest BCUT2D eigenvalue weighted by atomic mass is 9.70. The van der Waals surface area contributed by atoms with Gasteiger partial charge in [0.05, 0.1) is 13.2 Å². The van der Waals surface area contributed by atoms with Gasteiger partial charge in [-0.25, -0.2) is 0 Å². The van der Waals surface area contributed by atoms with Crippen molar-refractivity contribution in [3.05, 3.63) is 0 Å². The Labute approximate surface area is 123 Å². The second-order valence-electron chi connectivity index (χ2n) is 6.88. The molecule has 0 radical (unpaired) electrons. The van der Waals surface area contributed by atoms with Gasteiger partial charge in [-0.15, -0.1) is 12.4 Å². The van der Waals surface area contributed by atoms with Crippen LogP contribution in [0, 0.1) is 11.3 Å². The zero-order chi connectivity index (χ0) is 12.4. The quantitative estimate of drug-likeness (QED) is 0.833.